The molecular weight excluding hydrogens is 633 g/mol. The van der Waals surface area contributed by atoms with Crippen LogP contribution in [0.2, 0.25) is 25.7 Å². The van der Waals surface area contributed by atoms with Crippen LogP contribution in [-0.4, -0.2) is 60.2 Å². The Morgan fingerprint density at radius 3 is 2.20 bits per heavy atom. The maximum absolute atomic E-state index is 14.4. The zero-order valence-corrected chi connectivity index (χ0v) is 29.5. The first kappa shape index (κ1) is 33.0. The summed E-state index contributed by atoms with van der Waals surface area (Å²) >= 11 is 0. The summed E-state index contributed by atoms with van der Waals surface area (Å²) in [6.07, 6.45) is 3.13. The predicted octanol–water partition coefficient (Wildman–Crippen LogP) is 7.28. The molecule has 0 amide bonds. The Hall–Kier alpha value is -4.48. The molecule has 0 bridgehead atoms. The molecule has 3 aromatic carbocycles. The largest absolute Gasteiger partial charge is 0.473 e. The fraction of sp³-hybridized carbons (Fsp3) is 0.333. The van der Waals surface area contributed by atoms with E-state index in [1.165, 1.54) is 5.57 Å². The van der Waals surface area contributed by atoms with Gasteiger partial charge in [-0.15, -0.1) is 0 Å². The Bertz CT molecular complexity index is 1980. The molecule has 1 saturated heterocycles. The predicted molar refractivity (Wildman–Crippen MR) is 195 cm³/mol. The molecule has 0 unspecified atom stereocenters. The third-order valence-electron chi connectivity index (χ3n) is 9.03. The molecule has 2 aliphatic rings. The van der Waals surface area contributed by atoms with Gasteiger partial charge in [0.25, 0.3) is 0 Å². The number of hydrogen-bond acceptors (Lipinski definition) is 7. The second-order valence-corrected chi connectivity index (χ2v) is 19.5. The molecule has 0 aliphatic carbocycles. The third kappa shape index (κ3) is 7.73. The summed E-state index contributed by atoms with van der Waals surface area (Å²) in [4.78, 5) is 25.2. The van der Waals surface area contributed by atoms with Gasteiger partial charge >= 0.3 is 5.69 Å². The lowest BCUT2D eigenvalue weighted by Gasteiger charge is -2.28. The molecule has 4 heterocycles. The third-order valence-corrected chi connectivity index (χ3v) is 10.7. The normalized spacial score (nSPS) is 15.6. The molecular formula is C39H44N4O5Si. The molecule has 0 N–H and O–H groups in total. The van der Waals surface area contributed by atoms with Gasteiger partial charge < -0.3 is 14.2 Å². The fourth-order valence-electron chi connectivity index (χ4n) is 6.12. The van der Waals surface area contributed by atoms with Gasteiger partial charge in [-0.05, 0) is 52.9 Å². The zero-order valence-electron chi connectivity index (χ0n) is 28.5. The van der Waals surface area contributed by atoms with Crippen molar-refractivity contribution in [3.05, 3.63) is 124 Å². The number of hydroxylamine groups is 2. The first-order valence-electron chi connectivity index (χ1n) is 17.1. The smallest absolute Gasteiger partial charge is 0.334 e. The van der Waals surface area contributed by atoms with Crippen LogP contribution in [-0.2, 0) is 22.8 Å². The highest BCUT2D eigenvalue weighted by atomic mass is 28.3. The molecule has 49 heavy (non-hydrogen) atoms. The van der Waals surface area contributed by atoms with E-state index >= 15 is 0 Å². The molecule has 5 aromatic rings. The molecule has 7 rings (SSSR count). The summed E-state index contributed by atoms with van der Waals surface area (Å²) in [6, 6.07) is 31.0. The highest BCUT2D eigenvalue weighted by Gasteiger charge is 2.29. The number of rotatable bonds is 13. The van der Waals surface area contributed by atoms with Gasteiger partial charge in [-0.1, -0.05) is 92.4 Å². The van der Waals surface area contributed by atoms with Crippen LogP contribution in [0.4, 0.5) is 0 Å². The van der Waals surface area contributed by atoms with Crippen LogP contribution >= 0.6 is 0 Å². The zero-order chi connectivity index (χ0) is 33.8. The number of ether oxygens (including phenoxy) is 3. The topological polar surface area (TPSA) is 80.0 Å². The lowest BCUT2D eigenvalue weighted by Crippen LogP contribution is -2.37. The molecule has 0 radical (unpaired) electrons. The van der Waals surface area contributed by atoms with Crippen molar-refractivity contribution in [2.45, 2.75) is 51.4 Å². The molecule has 2 aliphatic heterocycles. The molecule has 10 heteroatoms. The average Bonchev–Trinajstić information content (AvgIpc) is 3.36. The van der Waals surface area contributed by atoms with Gasteiger partial charge in [0.15, 0.2) is 0 Å². The second-order valence-electron chi connectivity index (χ2n) is 13.9. The Labute approximate surface area is 288 Å². The summed E-state index contributed by atoms with van der Waals surface area (Å²) in [5.74, 6) is 0.749. The van der Waals surface area contributed by atoms with E-state index in [2.05, 4.69) is 42.9 Å². The summed E-state index contributed by atoms with van der Waals surface area (Å²) < 4.78 is 21.6. The first-order chi connectivity index (χ1) is 23.8. The quantitative estimate of drug-likeness (QED) is 0.121. The van der Waals surface area contributed by atoms with Crippen LogP contribution in [0.1, 0.15) is 29.2 Å². The molecule has 254 valence electrons. The minimum atomic E-state index is -1.14. The van der Waals surface area contributed by atoms with Crippen LogP contribution in [0.5, 0.6) is 11.8 Å². The van der Waals surface area contributed by atoms with Gasteiger partial charge in [0.1, 0.15) is 18.9 Å². The number of pyridine rings is 1. The number of aromatic nitrogens is 3. The second kappa shape index (κ2) is 14.6. The molecule has 0 atom stereocenters. The van der Waals surface area contributed by atoms with Crippen molar-refractivity contribution in [2.24, 2.45) is 0 Å². The van der Waals surface area contributed by atoms with Gasteiger partial charge in [0.05, 0.1) is 36.9 Å². The van der Waals surface area contributed by atoms with Crippen molar-refractivity contribution >= 4 is 24.7 Å². The maximum Gasteiger partial charge on any atom is 0.334 e. The van der Waals surface area contributed by atoms with E-state index in [0.29, 0.717) is 43.9 Å². The van der Waals surface area contributed by atoms with Gasteiger partial charge in [0, 0.05) is 27.2 Å². The lowest BCUT2D eigenvalue weighted by atomic mass is 9.99. The lowest BCUT2D eigenvalue weighted by molar-refractivity contribution is -0.147. The van der Waals surface area contributed by atoms with Crippen molar-refractivity contribution < 1.29 is 19.0 Å². The van der Waals surface area contributed by atoms with Crippen molar-refractivity contribution in [2.75, 3.05) is 32.9 Å². The molecule has 0 spiro atoms. The van der Waals surface area contributed by atoms with Gasteiger partial charge in [0.2, 0.25) is 11.8 Å². The average molecular weight is 677 g/mol. The molecule has 0 saturated carbocycles. The Balaban J connectivity index is 1.22. The summed E-state index contributed by atoms with van der Waals surface area (Å²) in [7, 11) is -1.14. The molecule has 2 aromatic heterocycles. The monoisotopic (exact) mass is 676 g/mol. The van der Waals surface area contributed by atoms with E-state index in [4.69, 9.17) is 24.0 Å². The number of fused-ring (bicyclic) bond motifs is 1. The highest BCUT2D eigenvalue weighted by Crippen LogP contribution is 2.32. The minimum Gasteiger partial charge on any atom is -0.473 e. The SMILES string of the molecule is C[Si](C)(C)CCON1CC=C(c2ccc3c(c2)n(C2COC2)c(=O)n3-c2ccc(OCc3ccccc3)nc2OCc2ccccc2)CC1. The summed E-state index contributed by atoms with van der Waals surface area (Å²) in [5.41, 5.74) is 6.48. The fourth-order valence-corrected chi connectivity index (χ4v) is 6.82. The van der Waals surface area contributed by atoms with E-state index in [1.807, 2.05) is 77.4 Å². The van der Waals surface area contributed by atoms with Crippen molar-refractivity contribution in [3.8, 4) is 17.4 Å². The van der Waals surface area contributed by atoms with Crippen LogP contribution in [0.25, 0.3) is 22.3 Å². The summed E-state index contributed by atoms with van der Waals surface area (Å²) in [5, 5.41) is 2.07. The molecule has 1 fully saturated rings. The highest BCUT2D eigenvalue weighted by molar-refractivity contribution is 6.76. The first-order valence-corrected chi connectivity index (χ1v) is 20.8. The Morgan fingerprint density at radius 1 is 0.857 bits per heavy atom. The van der Waals surface area contributed by atoms with E-state index in [9.17, 15) is 4.79 Å². The van der Waals surface area contributed by atoms with Crippen LogP contribution < -0.4 is 15.2 Å². The number of nitrogens with zero attached hydrogens (tertiary/aromatic N) is 4. The summed E-state index contributed by atoms with van der Waals surface area (Å²) in [6.45, 7) is 11.1. The van der Waals surface area contributed by atoms with Crippen LogP contribution in [0.15, 0.2) is 102 Å². The van der Waals surface area contributed by atoms with E-state index in [0.717, 1.165) is 59.9 Å². The van der Waals surface area contributed by atoms with Crippen LogP contribution in [0, 0.1) is 0 Å². The van der Waals surface area contributed by atoms with Crippen LogP contribution in [0.3, 0.4) is 0 Å². The number of hydrogen-bond donors (Lipinski definition) is 0. The standard InChI is InChI=1S/C39H44N4O5Si/c1-49(2,3)23-22-48-41-20-18-31(19-21-41)32-14-15-34-36(24-32)42(33-27-45-28-33)39(44)43(34)35-16-17-37(46-25-29-10-6-4-7-11-29)40-38(35)47-26-30-12-8-5-9-13-30/h4-18,24,33H,19-23,25-28H2,1-3H3. The Morgan fingerprint density at radius 2 is 1.57 bits per heavy atom. The molecule has 9 nitrogen and oxygen atoms in total. The van der Waals surface area contributed by atoms with E-state index in [1.54, 1.807) is 10.6 Å². The van der Waals surface area contributed by atoms with Crippen molar-refractivity contribution in [1.82, 2.24) is 19.2 Å². The van der Waals surface area contributed by atoms with Gasteiger partial charge in [-0.3, -0.25) is 14.0 Å². The number of benzene rings is 3. The van der Waals surface area contributed by atoms with Gasteiger partial charge in [-0.2, -0.15) is 10.0 Å². The Kier molecular flexibility index (Phi) is 9.81. The van der Waals surface area contributed by atoms with Crippen molar-refractivity contribution in [1.29, 1.82) is 0 Å². The van der Waals surface area contributed by atoms with Gasteiger partial charge in [-0.25, -0.2) is 4.79 Å². The minimum absolute atomic E-state index is 0.0442. The van der Waals surface area contributed by atoms with Crippen molar-refractivity contribution in [3.63, 3.8) is 0 Å². The maximum atomic E-state index is 14.4. The number of imidazole rings is 1. The van der Waals surface area contributed by atoms with E-state index in [-0.39, 0.29) is 11.7 Å². The van der Waals surface area contributed by atoms with E-state index < -0.39 is 8.07 Å².